The summed E-state index contributed by atoms with van der Waals surface area (Å²) in [6.07, 6.45) is 2.48. The molecule has 5 nitrogen and oxygen atoms in total. The molecule has 0 aliphatic rings. The fourth-order valence-electron chi connectivity index (χ4n) is 3.06. The third-order valence-electron chi connectivity index (χ3n) is 4.43. The summed E-state index contributed by atoms with van der Waals surface area (Å²) in [6.45, 7) is 1.09. The van der Waals surface area contributed by atoms with Crippen molar-refractivity contribution < 1.29 is 8.42 Å². The molecule has 0 spiro atoms. The minimum atomic E-state index is -3.51. The maximum Gasteiger partial charge on any atom is 0.240 e. The van der Waals surface area contributed by atoms with E-state index in [-0.39, 0.29) is 0 Å². The van der Waals surface area contributed by atoms with E-state index in [9.17, 15) is 8.42 Å². The van der Waals surface area contributed by atoms with E-state index < -0.39 is 10.0 Å². The average molecular weight is 365 g/mol. The number of fused-ring (bicyclic) bond motifs is 2. The highest BCUT2D eigenvalue weighted by Gasteiger charge is 2.13. The number of para-hydroxylation sites is 2. The van der Waals surface area contributed by atoms with E-state index in [1.165, 1.54) is 0 Å². The molecule has 3 aromatic carbocycles. The van der Waals surface area contributed by atoms with Crippen LogP contribution in [0.3, 0.4) is 0 Å². The molecule has 26 heavy (non-hydrogen) atoms. The first-order valence-corrected chi connectivity index (χ1v) is 10.0. The van der Waals surface area contributed by atoms with Gasteiger partial charge in [0.25, 0.3) is 0 Å². The van der Waals surface area contributed by atoms with Gasteiger partial charge in [-0.05, 0) is 41.5 Å². The fraction of sp³-hybridized carbons (Fsp3) is 0.150. The number of hydrogen-bond donors (Lipinski definition) is 1. The van der Waals surface area contributed by atoms with Crippen LogP contribution in [0.5, 0.6) is 0 Å². The monoisotopic (exact) mass is 365 g/mol. The van der Waals surface area contributed by atoms with Crippen molar-refractivity contribution in [3.8, 4) is 0 Å². The Bertz CT molecular complexity index is 1170. The average Bonchev–Trinajstić information content (AvgIpc) is 3.08. The van der Waals surface area contributed by atoms with E-state index in [0.717, 1.165) is 21.8 Å². The zero-order chi connectivity index (χ0) is 18.0. The highest BCUT2D eigenvalue weighted by Crippen LogP contribution is 2.19. The third kappa shape index (κ3) is 3.34. The molecule has 0 atom stereocenters. The summed E-state index contributed by atoms with van der Waals surface area (Å²) in [4.78, 5) is 4.64. The van der Waals surface area contributed by atoms with Crippen LogP contribution >= 0.6 is 0 Å². The first-order chi connectivity index (χ1) is 12.6. The van der Waals surface area contributed by atoms with Gasteiger partial charge in [-0.2, -0.15) is 0 Å². The smallest absolute Gasteiger partial charge is 0.240 e. The highest BCUT2D eigenvalue weighted by atomic mass is 32.2. The number of imidazole rings is 1. The second-order valence-electron chi connectivity index (χ2n) is 6.19. The summed E-state index contributed by atoms with van der Waals surface area (Å²) in [6, 6.07) is 20.8. The van der Waals surface area contributed by atoms with Gasteiger partial charge in [0.15, 0.2) is 0 Å². The van der Waals surface area contributed by atoms with Crippen molar-refractivity contribution in [2.24, 2.45) is 0 Å². The topological polar surface area (TPSA) is 64.0 Å². The van der Waals surface area contributed by atoms with Gasteiger partial charge in [-0.1, -0.05) is 42.5 Å². The molecule has 4 aromatic rings. The molecule has 0 saturated carbocycles. The van der Waals surface area contributed by atoms with Crippen molar-refractivity contribution >= 4 is 31.8 Å². The summed E-state index contributed by atoms with van der Waals surface area (Å²) >= 11 is 0. The lowest BCUT2D eigenvalue weighted by Gasteiger charge is -2.09. The molecule has 0 unspecified atom stereocenters. The van der Waals surface area contributed by atoms with Crippen LogP contribution in [-0.2, 0) is 16.6 Å². The van der Waals surface area contributed by atoms with Gasteiger partial charge in [-0.3, -0.25) is 0 Å². The van der Waals surface area contributed by atoms with E-state index in [0.29, 0.717) is 24.4 Å². The fourth-order valence-corrected chi connectivity index (χ4v) is 4.17. The number of aryl methyl sites for hydroxylation is 1. The molecule has 1 heterocycles. The van der Waals surface area contributed by atoms with Gasteiger partial charge in [-0.15, -0.1) is 0 Å². The van der Waals surface area contributed by atoms with E-state index >= 15 is 0 Å². The molecule has 0 saturated heterocycles. The van der Waals surface area contributed by atoms with Crippen molar-refractivity contribution in [1.82, 2.24) is 14.3 Å². The van der Waals surface area contributed by atoms with Gasteiger partial charge in [-0.25, -0.2) is 18.1 Å². The Morgan fingerprint density at radius 1 is 0.923 bits per heavy atom. The van der Waals surface area contributed by atoms with Crippen LogP contribution in [0.1, 0.15) is 6.42 Å². The summed E-state index contributed by atoms with van der Waals surface area (Å²) in [5, 5.41) is 1.94. The van der Waals surface area contributed by atoms with Gasteiger partial charge >= 0.3 is 0 Å². The second-order valence-corrected chi connectivity index (χ2v) is 7.95. The van der Waals surface area contributed by atoms with Gasteiger partial charge in [0.1, 0.15) is 0 Å². The lowest BCUT2D eigenvalue weighted by molar-refractivity contribution is 0.572. The third-order valence-corrected chi connectivity index (χ3v) is 5.89. The molecule has 0 aliphatic heterocycles. The summed E-state index contributed by atoms with van der Waals surface area (Å²) in [7, 11) is -3.51. The largest absolute Gasteiger partial charge is 0.331 e. The van der Waals surface area contributed by atoms with Crippen LogP contribution in [0.25, 0.3) is 21.8 Å². The van der Waals surface area contributed by atoms with Gasteiger partial charge in [0.05, 0.1) is 22.3 Å². The number of sulfonamides is 1. The summed E-state index contributed by atoms with van der Waals surface area (Å²) < 4.78 is 29.8. The standard InChI is InChI=1S/C20H19N3O2S/c24-26(25,18-11-10-16-6-1-2-7-17(16)14-18)22-12-5-13-23-15-21-19-8-3-4-9-20(19)23/h1-4,6-11,14-15,22H,5,12-13H2. The molecule has 0 amide bonds. The maximum absolute atomic E-state index is 12.5. The minimum absolute atomic E-state index is 0.296. The van der Waals surface area contributed by atoms with E-state index in [1.54, 1.807) is 18.5 Å². The van der Waals surface area contributed by atoms with E-state index in [2.05, 4.69) is 9.71 Å². The molecule has 6 heteroatoms. The Hall–Kier alpha value is -2.70. The quantitative estimate of drug-likeness (QED) is 0.532. The van der Waals surface area contributed by atoms with Crippen LogP contribution in [0.2, 0.25) is 0 Å². The molecular formula is C20H19N3O2S. The molecule has 0 fully saturated rings. The first kappa shape index (κ1) is 16.8. The Morgan fingerprint density at radius 2 is 1.69 bits per heavy atom. The highest BCUT2D eigenvalue weighted by molar-refractivity contribution is 7.89. The lowest BCUT2D eigenvalue weighted by atomic mass is 10.1. The van der Waals surface area contributed by atoms with Crippen molar-refractivity contribution in [1.29, 1.82) is 0 Å². The SMILES string of the molecule is O=S(=O)(NCCCn1cnc2ccccc21)c1ccc2ccccc2c1. The predicted octanol–water partition coefficient (Wildman–Crippen LogP) is 3.56. The van der Waals surface area contributed by atoms with E-state index in [4.69, 9.17) is 0 Å². The second kappa shape index (κ2) is 6.90. The molecule has 0 radical (unpaired) electrons. The maximum atomic E-state index is 12.5. The molecule has 132 valence electrons. The molecular weight excluding hydrogens is 346 g/mol. The number of rotatable bonds is 6. The number of hydrogen-bond acceptors (Lipinski definition) is 3. The Morgan fingerprint density at radius 3 is 2.58 bits per heavy atom. The lowest BCUT2D eigenvalue weighted by Crippen LogP contribution is -2.25. The minimum Gasteiger partial charge on any atom is -0.331 e. The van der Waals surface area contributed by atoms with E-state index in [1.807, 2.05) is 59.2 Å². The normalized spacial score (nSPS) is 12.0. The summed E-state index contributed by atoms with van der Waals surface area (Å²) in [5.41, 5.74) is 2.01. The van der Waals surface area contributed by atoms with Crippen LogP contribution in [0, 0.1) is 0 Å². The molecule has 4 rings (SSSR count). The summed E-state index contributed by atoms with van der Waals surface area (Å²) in [5.74, 6) is 0. The van der Waals surface area contributed by atoms with Crippen LogP contribution in [-0.4, -0.2) is 24.5 Å². The number of nitrogens with one attached hydrogen (secondary N) is 1. The number of aromatic nitrogens is 2. The van der Waals surface area contributed by atoms with Crippen molar-refractivity contribution in [3.05, 3.63) is 73.1 Å². The Labute approximate surface area is 152 Å². The predicted molar refractivity (Wildman–Crippen MR) is 103 cm³/mol. The Balaban J connectivity index is 1.41. The molecule has 1 N–H and O–H groups in total. The first-order valence-electron chi connectivity index (χ1n) is 8.52. The van der Waals surface area contributed by atoms with Crippen LogP contribution < -0.4 is 4.72 Å². The van der Waals surface area contributed by atoms with Crippen LogP contribution in [0.15, 0.2) is 78.0 Å². The van der Waals surface area contributed by atoms with Gasteiger partial charge in [0.2, 0.25) is 10.0 Å². The molecule has 0 bridgehead atoms. The zero-order valence-corrected chi connectivity index (χ0v) is 15.0. The van der Waals surface area contributed by atoms with Crippen molar-refractivity contribution in [3.63, 3.8) is 0 Å². The number of nitrogens with zero attached hydrogens (tertiary/aromatic N) is 2. The van der Waals surface area contributed by atoms with Gasteiger partial charge < -0.3 is 4.57 Å². The van der Waals surface area contributed by atoms with Crippen molar-refractivity contribution in [2.45, 2.75) is 17.9 Å². The van der Waals surface area contributed by atoms with Crippen LogP contribution in [0.4, 0.5) is 0 Å². The van der Waals surface area contributed by atoms with Gasteiger partial charge in [0, 0.05) is 13.1 Å². The number of benzene rings is 3. The molecule has 1 aromatic heterocycles. The van der Waals surface area contributed by atoms with Crippen molar-refractivity contribution in [2.75, 3.05) is 6.54 Å². The zero-order valence-electron chi connectivity index (χ0n) is 14.2. The molecule has 0 aliphatic carbocycles. The Kier molecular flexibility index (Phi) is 4.44.